The monoisotopic (exact) mass is 443 g/mol. The van der Waals surface area contributed by atoms with Crippen molar-refractivity contribution in [3.05, 3.63) is 29.0 Å². The largest absolute Gasteiger partial charge is 0.484 e. The van der Waals surface area contributed by atoms with E-state index in [1.165, 1.54) is 12.1 Å². The van der Waals surface area contributed by atoms with Crippen molar-refractivity contribution < 1.29 is 28.2 Å². The molecule has 0 bridgehead atoms. The van der Waals surface area contributed by atoms with Gasteiger partial charge in [-0.05, 0) is 58.6 Å². The molecule has 1 saturated carbocycles. The minimum Gasteiger partial charge on any atom is -0.484 e. The fourth-order valence-electron chi connectivity index (χ4n) is 2.96. The molecule has 0 heterocycles. The van der Waals surface area contributed by atoms with Crippen molar-refractivity contribution in [1.29, 1.82) is 0 Å². The second-order valence-corrected chi connectivity index (χ2v) is 8.50. The van der Waals surface area contributed by atoms with E-state index in [2.05, 4.69) is 16.2 Å². The number of ether oxygens (including phenoxy) is 2. The van der Waals surface area contributed by atoms with Crippen LogP contribution in [0.5, 0.6) is 5.75 Å². The highest BCUT2D eigenvalue weighted by Crippen LogP contribution is 2.25. The van der Waals surface area contributed by atoms with Crippen LogP contribution in [0.15, 0.2) is 18.2 Å². The minimum absolute atomic E-state index is 0.0462. The molecule has 0 unspecified atom stereocenters. The number of benzene rings is 1. The van der Waals surface area contributed by atoms with Crippen LogP contribution < -0.4 is 20.9 Å². The summed E-state index contributed by atoms with van der Waals surface area (Å²) in [5, 5.41) is 2.76. The zero-order valence-corrected chi connectivity index (χ0v) is 18.0. The molecule has 3 amide bonds. The number of alkyl carbamates (subject to hydrolysis) is 1. The molecule has 0 saturated heterocycles. The fourth-order valence-corrected chi connectivity index (χ4v) is 3.08. The van der Waals surface area contributed by atoms with Gasteiger partial charge in [-0.1, -0.05) is 11.6 Å². The van der Waals surface area contributed by atoms with Gasteiger partial charge in [-0.25, -0.2) is 9.18 Å². The van der Waals surface area contributed by atoms with E-state index in [-0.39, 0.29) is 28.6 Å². The molecule has 1 aliphatic rings. The van der Waals surface area contributed by atoms with E-state index in [1.807, 2.05) is 0 Å². The topological polar surface area (TPSA) is 106 Å². The molecule has 0 atom stereocenters. The summed E-state index contributed by atoms with van der Waals surface area (Å²) in [4.78, 5) is 35.9. The number of hydrazine groups is 1. The maximum atomic E-state index is 13.3. The third kappa shape index (κ3) is 8.06. The average Bonchev–Trinajstić information content (AvgIpc) is 2.66. The molecule has 8 nitrogen and oxygen atoms in total. The number of carbonyl (C=O) groups is 3. The Hall–Kier alpha value is -2.55. The third-order valence-electron chi connectivity index (χ3n) is 4.40. The highest BCUT2D eigenvalue weighted by Gasteiger charge is 2.28. The summed E-state index contributed by atoms with van der Waals surface area (Å²) >= 11 is 5.58. The van der Waals surface area contributed by atoms with Gasteiger partial charge in [0.1, 0.15) is 17.2 Å². The van der Waals surface area contributed by atoms with Gasteiger partial charge in [0.25, 0.3) is 5.91 Å². The molecular formula is C20H27ClFN3O5. The number of carbonyl (C=O) groups excluding carboxylic acids is 3. The first-order valence-corrected chi connectivity index (χ1v) is 10.1. The average molecular weight is 444 g/mol. The smallest absolute Gasteiger partial charge is 0.407 e. The van der Waals surface area contributed by atoms with Crippen LogP contribution in [0.2, 0.25) is 5.02 Å². The first-order chi connectivity index (χ1) is 14.0. The molecule has 30 heavy (non-hydrogen) atoms. The van der Waals surface area contributed by atoms with E-state index in [0.717, 1.165) is 6.07 Å². The summed E-state index contributed by atoms with van der Waals surface area (Å²) in [6, 6.07) is 3.77. The van der Waals surface area contributed by atoms with Crippen molar-refractivity contribution in [3.63, 3.8) is 0 Å². The SMILES string of the molecule is CC(C)(C)OC(=O)NC1CCC(C(=O)NNC(=O)COc2ccc(Cl)c(F)c2)CC1. The molecule has 1 aliphatic carbocycles. The van der Waals surface area contributed by atoms with Gasteiger partial charge < -0.3 is 14.8 Å². The van der Waals surface area contributed by atoms with Crippen LogP contribution in [0, 0.1) is 11.7 Å². The number of amides is 3. The Bertz CT molecular complexity index is 776. The first-order valence-electron chi connectivity index (χ1n) is 9.69. The van der Waals surface area contributed by atoms with Crippen LogP contribution in [-0.2, 0) is 14.3 Å². The molecule has 10 heteroatoms. The quantitative estimate of drug-likeness (QED) is 0.606. The molecule has 0 spiro atoms. The van der Waals surface area contributed by atoms with Gasteiger partial charge >= 0.3 is 6.09 Å². The van der Waals surface area contributed by atoms with Crippen molar-refractivity contribution >= 4 is 29.5 Å². The first kappa shape index (κ1) is 23.7. The van der Waals surface area contributed by atoms with Crippen LogP contribution in [0.25, 0.3) is 0 Å². The Morgan fingerprint density at radius 2 is 1.80 bits per heavy atom. The predicted molar refractivity (Wildman–Crippen MR) is 108 cm³/mol. The molecule has 166 valence electrons. The molecule has 2 rings (SSSR count). The van der Waals surface area contributed by atoms with Gasteiger partial charge in [0.15, 0.2) is 6.61 Å². The highest BCUT2D eigenvalue weighted by atomic mass is 35.5. The Morgan fingerprint density at radius 1 is 1.13 bits per heavy atom. The van der Waals surface area contributed by atoms with Crippen LogP contribution in [0.3, 0.4) is 0 Å². The Morgan fingerprint density at radius 3 is 2.40 bits per heavy atom. The molecule has 3 N–H and O–H groups in total. The van der Waals surface area contributed by atoms with Gasteiger partial charge in [0, 0.05) is 18.0 Å². The van der Waals surface area contributed by atoms with Crippen LogP contribution in [0.1, 0.15) is 46.5 Å². The lowest BCUT2D eigenvalue weighted by atomic mass is 9.85. The van der Waals surface area contributed by atoms with Crippen molar-refractivity contribution in [1.82, 2.24) is 16.2 Å². The summed E-state index contributed by atoms with van der Waals surface area (Å²) in [5.41, 5.74) is 4.08. The molecule has 1 aromatic rings. The van der Waals surface area contributed by atoms with Gasteiger partial charge in [0.05, 0.1) is 5.02 Å². The lowest BCUT2D eigenvalue weighted by Gasteiger charge is -2.29. The number of nitrogens with one attached hydrogen (secondary N) is 3. The predicted octanol–water partition coefficient (Wildman–Crippen LogP) is 3.09. The maximum absolute atomic E-state index is 13.3. The minimum atomic E-state index is -0.653. The zero-order valence-electron chi connectivity index (χ0n) is 17.2. The standard InChI is InChI=1S/C20H27ClFN3O5/c1-20(2,3)30-19(28)23-13-6-4-12(5-7-13)18(27)25-24-17(26)11-29-14-8-9-15(21)16(22)10-14/h8-10,12-13H,4-7,11H2,1-3H3,(H,23,28)(H,24,26)(H,25,27). The highest BCUT2D eigenvalue weighted by molar-refractivity contribution is 6.30. The van der Waals surface area contributed by atoms with E-state index < -0.39 is 30.0 Å². The van der Waals surface area contributed by atoms with Crippen molar-refractivity contribution in [2.75, 3.05) is 6.61 Å². The summed E-state index contributed by atoms with van der Waals surface area (Å²) in [7, 11) is 0. The number of hydrogen-bond acceptors (Lipinski definition) is 5. The maximum Gasteiger partial charge on any atom is 0.407 e. The third-order valence-corrected chi connectivity index (χ3v) is 4.71. The van der Waals surface area contributed by atoms with Crippen LogP contribution in [-0.4, -0.2) is 36.2 Å². The van der Waals surface area contributed by atoms with E-state index in [9.17, 15) is 18.8 Å². The summed E-state index contributed by atoms with van der Waals surface area (Å²) in [6.07, 6.45) is 1.95. The van der Waals surface area contributed by atoms with E-state index >= 15 is 0 Å². The zero-order chi connectivity index (χ0) is 22.3. The van der Waals surface area contributed by atoms with Crippen molar-refractivity contribution in [3.8, 4) is 5.75 Å². The van der Waals surface area contributed by atoms with E-state index in [4.69, 9.17) is 21.1 Å². The van der Waals surface area contributed by atoms with Gasteiger partial charge in [-0.3, -0.25) is 20.4 Å². The number of halogens is 2. The molecule has 0 aliphatic heterocycles. The lowest BCUT2D eigenvalue weighted by Crippen LogP contribution is -2.48. The normalized spacial score (nSPS) is 18.8. The fraction of sp³-hybridized carbons (Fsp3) is 0.550. The second-order valence-electron chi connectivity index (χ2n) is 8.10. The van der Waals surface area contributed by atoms with Crippen LogP contribution >= 0.6 is 11.6 Å². The van der Waals surface area contributed by atoms with Crippen molar-refractivity contribution in [2.45, 2.75) is 58.1 Å². The number of rotatable bonds is 5. The molecular weight excluding hydrogens is 417 g/mol. The number of hydrogen-bond donors (Lipinski definition) is 3. The van der Waals surface area contributed by atoms with Crippen molar-refractivity contribution in [2.24, 2.45) is 5.92 Å². The lowest BCUT2D eigenvalue weighted by molar-refractivity contribution is -0.132. The molecule has 1 fully saturated rings. The van der Waals surface area contributed by atoms with Crippen LogP contribution in [0.4, 0.5) is 9.18 Å². The summed E-state index contributed by atoms with van der Waals surface area (Å²) < 4.78 is 23.7. The Balaban J connectivity index is 1.66. The summed E-state index contributed by atoms with van der Waals surface area (Å²) in [5.74, 6) is -1.67. The van der Waals surface area contributed by atoms with E-state index in [1.54, 1.807) is 20.8 Å². The molecule has 1 aromatic carbocycles. The summed E-state index contributed by atoms with van der Waals surface area (Å²) in [6.45, 7) is 4.98. The second kappa shape index (κ2) is 10.5. The molecule has 0 aromatic heterocycles. The molecule has 0 radical (unpaired) electrons. The van der Waals surface area contributed by atoms with Gasteiger partial charge in [-0.2, -0.15) is 0 Å². The Labute approximate surface area is 179 Å². The Kier molecular flexibility index (Phi) is 8.28. The van der Waals surface area contributed by atoms with Gasteiger partial charge in [0.2, 0.25) is 5.91 Å². The van der Waals surface area contributed by atoms with Gasteiger partial charge in [-0.15, -0.1) is 0 Å². The van der Waals surface area contributed by atoms with E-state index in [0.29, 0.717) is 25.7 Å².